The van der Waals surface area contributed by atoms with Gasteiger partial charge in [-0.1, -0.05) is 60.7 Å². The summed E-state index contributed by atoms with van der Waals surface area (Å²) in [7, 11) is 1.71. The quantitative estimate of drug-likeness (QED) is 0.431. The third-order valence-electron chi connectivity index (χ3n) is 6.42. The first-order valence-electron chi connectivity index (χ1n) is 10.1. The molecule has 2 aliphatic heterocycles. The van der Waals surface area contributed by atoms with E-state index in [2.05, 4.69) is 95.6 Å². The minimum absolute atomic E-state index is 0.190. The Bertz CT molecular complexity index is 1220. The monoisotopic (exact) mass is 378 g/mol. The predicted octanol–water partition coefficient (Wildman–Crippen LogP) is 6.27. The van der Waals surface area contributed by atoms with E-state index in [4.69, 9.17) is 4.74 Å². The molecule has 0 aromatic heterocycles. The van der Waals surface area contributed by atoms with Crippen molar-refractivity contribution in [3.05, 3.63) is 102 Å². The smallest absolute Gasteiger partial charge is 0.118 e. The molecule has 0 fully saturated rings. The highest BCUT2D eigenvalue weighted by Crippen LogP contribution is 2.56. The molecule has 3 nitrogen and oxygen atoms in total. The molecule has 0 amide bonds. The molecule has 0 saturated carbocycles. The van der Waals surface area contributed by atoms with Gasteiger partial charge in [-0.25, -0.2) is 0 Å². The fourth-order valence-corrected chi connectivity index (χ4v) is 5.10. The summed E-state index contributed by atoms with van der Waals surface area (Å²) < 4.78 is 5.37. The third-order valence-corrected chi connectivity index (χ3v) is 6.42. The number of rotatable bonds is 2. The van der Waals surface area contributed by atoms with Crippen LogP contribution in [0, 0.1) is 0 Å². The van der Waals surface area contributed by atoms with Crippen LogP contribution in [-0.4, -0.2) is 7.11 Å². The lowest BCUT2D eigenvalue weighted by Crippen LogP contribution is -2.30. The minimum Gasteiger partial charge on any atom is -0.497 e. The topological polar surface area (TPSA) is 33.3 Å². The molecule has 4 aromatic carbocycles. The van der Waals surface area contributed by atoms with E-state index in [1.165, 1.54) is 38.8 Å². The summed E-state index contributed by atoms with van der Waals surface area (Å²) in [6.07, 6.45) is 0. The van der Waals surface area contributed by atoms with Crippen molar-refractivity contribution in [3.63, 3.8) is 0 Å². The Labute approximate surface area is 170 Å². The number of fused-ring (bicyclic) bond motifs is 7. The first-order chi connectivity index (χ1) is 14.3. The first-order valence-corrected chi connectivity index (χ1v) is 10.1. The molecule has 0 bridgehead atoms. The largest absolute Gasteiger partial charge is 0.497 e. The molecule has 0 aliphatic carbocycles. The second kappa shape index (κ2) is 6.28. The number of para-hydroxylation sites is 1. The van der Waals surface area contributed by atoms with Gasteiger partial charge < -0.3 is 15.4 Å². The predicted molar refractivity (Wildman–Crippen MR) is 119 cm³/mol. The highest BCUT2D eigenvalue weighted by molar-refractivity contribution is 5.92. The number of hydrogen-bond donors (Lipinski definition) is 2. The van der Waals surface area contributed by atoms with Gasteiger partial charge in [-0.3, -0.25) is 0 Å². The standard InChI is InChI=1S/C26H22N2O/c1-29-18-13-10-17(11-14-18)25-24-20-8-4-5-9-21(20)27-26(24)23-19-7-3-2-6-16(19)12-15-22(23)28-25/h2-15,24-28H,1H3/t24-,25-,26+/m1/s1. The van der Waals surface area contributed by atoms with Gasteiger partial charge in [0.2, 0.25) is 0 Å². The number of anilines is 2. The summed E-state index contributed by atoms with van der Waals surface area (Å²) in [5, 5.41) is 10.3. The number of benzene rings is 4. The van der Waals surface area contributed by atoms with Crippen LogP contribution in [0.3, 0.4) is 0 Å². The Morgan fingerprint density at radius 3 is 2.31 bits per heavy atom. The lowest BCUT2D eigenvalue weighted by atomic mass is 9.77. The van der Waals surface area contributed by atoms with Crippen LogP contribution in [0.4, 0.5) is 11.4 Å². The minimum atomic E-state index is 0.190. The molecule has 0 spiro atoms. The molecule has 2 N–H and O–H groups in total. The Hall–Kier alpha value is -3.46. The van der Waals surface area contributed by atoms with Crippen LogP contribution in [-0.2, 0) is 0 Å². The second-order valence-corrected chi connectivity index (χ2v) is 7.88. The Morgan fingerprint density at radius 1 is 0.690 bits per heavy atom. The lowest BCUT2D eigenvalue weighted by Gasteiger charge is -2.38. The van der Waals surface area contributed by atoms with Crippen molar-refractivity contribution in [3.8, 4) is 5.75 Å². The van der Waals surface area contributed by atoms with Crippen LogP contribution in [0.5, 0.6) is 5.75 Å². The van der Waals surface area contributed by atoms with Crippen LogP contribution in [0.2, 0.25) is 0 Å². The number of ether oxygens (including phenoxy) is 1. The summed E-state index contributed by atoms with van der Waals surface area (Å²) in [5.74, 6) is 1.20. The molecule has 0 unspecified atom stereocenters. The lowest BCUT2D eigenvalue weighted by molar-refractivity contribution is 0.414. The molecule has 0 radical (unpaired) electrons. The summed E-state index contributed by atoms with van der Waals surface area (Å²) in [6, 6.07) is 30.7. The van der Waals surface area contributed by atoms with E-state index in [0.29, 0.717) is 5.92 Å². The molecule has 0 saturated heterocycles. The molecule has 29 heavy (non-hydrogen) atoms. The average Bonchev–Trinajstić information content (AvgIpc) is 3.18. The fourth-order valence-electron chi connectivity index (χ4n) is 5.10. The summed E-state index contributed by atoms with van der Waals surface area (Å²) in [5.41, 5.74) is 6.48. The molecular weight excluding hydrogens is 356 g/mol. The van der Waals surface area contributed by atoms with Gasteiger partial charge in [0.15, 0.2) is 0 Å². The van der Waals surface area contributed by atoms with Crippen molar-refractivity contribution in [1.82, 2.24) is 0 Å². The van der Waals surface area contributed by atoms with Crippen molar-refractivity contribution >= 4 is 22.1 Å². The van der Waals surface area contributed by atoms with Crippen LogP contribution < -0.4 is 15.4 Å². The van der Waals surface area contributed by atoms with Crippen molar-refractivity contribution in [2.75, 3.05) is 17.7 Å². The van der Waals surface area contributed by atoms with Gasteiger partial charge in [-0.15, -0.1) is 0 Å². The van der Waals surface area contributed by atoms with Gasteiger partial charge in [0, 0.05) is 22.9 Å². The Morgan fingerprint density at radius 2 is 1.45 bits per heavy atom. The summed E-state index contributed by atoms with van der Waals surface area (Å²) in [6.45, 7) is 0. The van der Waals surface area contributed by atoms with E-state index in [9.17, 15) is 0 Å². The van der Waals surface area contributed by atoms with Gasteiger partial charge in [0.25, 0.3) is 0 Å². The van der Waals surface area contributed by atoms with Crippen molar-refractivity contribution in [2.24, 2.45) is 0 Å². The molecule has 4 aromatic rings. The van der Waals surface area contributed by atoms with Crippen molar-refractivity contribution < 1.29 is 4.74 Å². The Kier molecular flexibility index (Phi) is 3.57. The molecule has 2 aliphatic rings. The van der Waals surface area contributed by atoms with E-state index < -0.39 is 0 Å². The van der Waals surface area contributed by atoms with Crippen LogP contribution >= 0.6 is 0 Å². The highest BCUT2D eigenvalue weighted by atomic mass is 16.5. The van der Waals surface area contributed by atoms with Gasteiger partial charge in [-0.05, 0) is 46.2 Å². The van der Waals surface area contributed by atoms with Gasteiger partial charge in [-0.2, -0.15) is 0 Å². The van der Waals surface area contributed by atoms with Crippen LogP contribution in [0.15, 0.2) is 84.9 Å². The third kappa shape index (κ3) is 2.44. The van der Waals surface area contributed by atoms with Gasteiger partial charge in [0.1, 0.15) is 5.75 Å². The van der Waals surface area contributed by atoms with Gasteiger partial charge >= 0.3 is 0 Å². The van der Waals surface area contributed by atoms with Gasteiger partial charge in [0.05, 0.1) is 19.2 Å². The number of nitrogens with one attached hydrogen (secondary N) is 2. The highest BCUT2D eigenvalue weighted by Gasteiger charge is 2.44. The molecule has 142 valence electrons. The van der Waals surface area contributed by atoms with Crippen LogP contribution in [0.1, 0.15) is 34.7 Å². The Balaban J connectivity index is 1.56. The normalized spacial score (nSPS) is 21.5. The van der Waals surface area contributed by atoms with Crippen molar-refractivity contribution in [1.29, 1.82) is 0 Å². The molecule has 3 atom stereocenters. The maximum Gasteiger partial charge on any atom is 0.118 e. The fraction of sp³-hybridized carbons (Fsp3) is 0.154. The molecule has 2 heterocycles. The van der Waals surface area contributed by atoms with E-state index in [1.807, 2.05) is 0 Å². The van der Waals surface area contributed by atoms with Crippen molar-refractivity contribution in [2.45, 2.75) is 18.0 Å². The van der Waals surface area contributed by atoms with E-state index >= 15 is 0 Å². The first kappa shape index (κ1) is 16.5. The van der Waals surface area contributed by atoms with Crippen LogP contribution in [0.25, 0.3) is 10.8 Å². The average molecular weight is 378 g/mol. The number of hydrogen-bond acceptors (Lipinski definition) is 3. The maximum atomic E-state index is 5.37. The van der Waals surface area contributed by atoms with E-state index in [-0.39, 0.29) is 12.1 Å². The zero-order valence-electron chi connectivity index (χ0n) is 16.2. The molecular formula is C26H22N2O. The second-order valence-electron chi connectivity index (χ2n) is 7.88. The molecule has 3 heteroatoms. The summed E-state index contributed by atoms with van der Waals surface area (Å²) in [4.78, 5) is 0. The zero-order chi connectivity index (χ0) is 19.4. The van der Waals surface area contributed by atoms with E-state index in [1.54, 1.807) is 7.11 Å². The summed E-state index contributed by atoms with van der Waals surface area (Å²) >= 11 is 0. The molecule has 6 rings (SSSR count). The SMILES string of the molecule is COc1ccc([C@H]2Nc3ccc4ccccc4c3[C@@H]3Nc4ccccc4[C@H]23)cc1. The maximum absolute atomic E-state index is 5.37. The zero-order valence-corrected chi connectivity index (χ0v) is 16.2. The number of methoxy groups -OCH3 is 1. The van der Waals surface area contributed by atoms with E-state index in [0.717, 1.165) is 5.75 Å².